The molecule has 6 nitrogen and oxygen atoms in total. The summed E-state index contributed by atoms with van der Waals surface area (Å²) in [6.45, 7) is 0. The number of nitroso groups, excluding NO2 is 1. The lowest BCUT2D eigenvalue weighted by Gasteiger charge is -2.01. The van der Waals surface area contributed by atoms with Crippen molar-refractivity contribution in [3.8, 4) is 0 Å². The van der Waals surface area contributed by atoms with Crippen LogP contribution in [0.1, 0.15) is 20.7 Å². The average Bonchev–Trinajstić information content (AvgIpc) is 2.27. The van der Waals surface area contributed by atoms with Crippen molar-refractivity contribution in [3.63, 3.8) is 0 Å². The summed E-state index contributed by atoms with van der Waals surface area (Å²) < 4.78 is 4.39. The third-order valence-electron chi connectivity index (χ3n) is 1.69. The zero-order valence-electron chi connectivity index (χ0n) is 7.76. The standard InChI is InChI=1S/C9H7NO5/c1-15-9(13)6-2-5(8(11)12)3-7(4-6)10-14/h2-4H,1H3,(H,11,12). The molecule has 0 aliphatic heterocycles. The van der Waals surface area contributed by atoms with E-state index in [2.05, 4.69) is 9.91 Å². The highest BCUT2D eigenvalue weighted by molar-refractivity contribution is 5.95. The van der Waals surface area contributed by atoms with Gasteiger partial charge in [-0.05, 0) is 23.4 Å². The molecule has 1 rings (SSSR count). The van der Waals surface area contributed by atoms with E-state index < -0.39 is 11.9 Å². The number of hydrogen-bond donors (Lipinski definition) is 1. The van der Waals surface area contributed by atoms with Gasteiger partial charge in [-0.3, -0.25) is 0 Å². The summed E-state index contributed by atoms with van der Waals surface area (Å²) >= 11 is 0. The Morgan fingerprint density at radius 3 is 2.33 bits per heavy atom. The number of carboxylic acid groups (broad SMARTS) is 1. The van der Waals surface area contributed by atoms with Gasteiger partial charge in [-0.15, -0.1) is 4.91 Å². The van der Waals surface area contributed by atoms with Crippen LogP contribution in [0.4, 0.5) is 5.69 Å². The number of nitrogens with zero attached hydrogens (tertiary/aromatic N) is 1. The first-order chi connectivity index (χ1) is 7.08. The van der Waals surface area contributed by atoms with Gasteiger partial charge in [-0.25, -0.2) is 9.59 Å². The summed E-state index contributed by atoms with van der Waals surface area (Å²) in [5.41, 5.74) is -0.338. The molecule has 1 aromatic rings. The monoisotopic (exact) mass is 209 g/mol. The minimum absolute atomic E-state index is 0.0213. The highest BCUT2D eigenvalue weighted by Gasteiger charge is 2.12. The lowest BCUT2D eigenvalue weighted by molar-refractivity contribution is 0.0601. The smallest absolute Gasteiger partial charge is 0.337 e. The number of esters is 1. The van der Waals surface area contributed by atoms with E-state index >= 15 is 0 Å². The van der Waals surface area contributed by atoms with Crippen LogP contribution in [0.15, 0.2) is 23.4 Å². The molecule has 0 aliphatic rings. The fraction of sp³-hybridized carbons (Fsp3) is 0.111. The maximum atomic E-state index is 11.1. The Balaban J connectivity index is 3.28. The van der Waals surface area contributed by atoms with Crippen molar-refractivity contribution in [1.29, 1.82) is 0 Å². The number of carbonyl (C=O) groups excluding carboxylic acids is 1. The number of rotatable bonds is 3. The van der Waals surface area contributed by atoms with Crippen molar-refractivity contribution < 1.29 is 19.4 Å². The average molecular weight is 209 g/mol. The molecule has 0 spiro atoms. The molecule has 0 aromatic heterocycles. The number of aromatic carboxylic acids is 1. The molecular weight excluding hydrogens is 202 g/mol. The molecule has 0 aliphatic carbocycles. The maximum absolute atomic E-state index is 11.1. The van der Waals surface area contributed by atoms with E-state index in [0.717, 1.165) is 25.3 Å². The molecule has 0 radical (unpaired) electrons. The van der Waals surface area contributed by atoms with Crippen LogP contribution >= 0.6 is 0 Å². The number of methoxy groups -OCH3 is 1. The second kappa shape index (κ2) is 4.32. The topological polar surface area (TPSA) is 93.0 Å². The van der Waals surface area contributed by atoms with Crippen LogP contribution in [-0.2, 0) is 4.74 Å². The van der Waals surface area contributed by atoms with E-state index in [9.17, 15) is 14.5 Å². The molecule has 0 bridgehead atoms. The molecule has 0 heterocycles. The first-order valence-electron chi connectivity index (χ1n) is 3.88. The Kier molecular flexibility index (Phi) is 3.12. The number of ether oxygens (including phenoxy) is 1. The predicted molar refractivity (Wildman–Crippen MR) is 50.2 cm³/mol. The van der Waals surface area contributed by atoms with E-state index in [0.29, 0.717) is 0 Å². The fourth-order valence-corrected chi connectivity index (χ4v) is 1.02. The van der Waals surface area contributed by atoms with Crippen molar-refractivity contribution in [3.05, 3.63) is 34.2 Å². The van der Waals surface area contributed by atoms with Gasteiger partial charge in [0.2, 0.25) is 0 Å². The second-order valence-corrected chi connectivity index (χ2v) is 2.66. The first-order valence-corrected chi connectivity index (χ1v) is 3.88. The van der Waals surface area contributed by atoms with Crippen LogP contribution < -0.4 is 0 Å². The largest absolute Gasteiger partial charge is 0.478 e. The molecule has 1 aromatic carbocycles. The van der Waals surface area contributed by atoms with Crippen LogP contribution in [0, 0.1) is 4.91 Å². The quantitative estimate of drug-likeness (QED) is 0.602. The molecule has 0 saturated carbocycles. The molecule has 0 saturated heterocycles. The molecule has 0 amide bonds. The van der Waals surface area contributed by atoms with E-state index in [1.54, 1.807) is 0 Å². The van der Waals surface area contributed by atoms with Gasteiger partial charge in [0.1, 0.15) is 5.69 Å². The lowest BCUT2D eigenvalue weighted by atomic mass is 10.1. The lowest BCUT2D eigenvalue weighted by Crippen LogP contribution is -2.04. The Bertz CT molecular complexity index is 427. The van der Waals surface area contributed by atoms with Crippen LogP contribution in [0.3, 0.4) is 0 Å². The van der Waals surface area contributed by atoms with E-state index in [1.807, 2.05) is 0 Å². The molecule has 78 valence electrons. The number of hydrogen-bond acceptors (Lipinski definition) is 5. The maximum Gasteiger partial charge on any atom is 0.337 e. The Morgan fingerprint density at radius 2 is 1.87 bits per heavy atom. The van der Waals surface area contributed by atoms with Crippen molar-refractivity contribution in [2.45, 2.75) is 0 Å². The van der Waals surface area contributed by atoms with E-state index in [1.165, 1.54) is 0 Å². The third kappa shape index (κ3) is 2.37. The number of benzene rings is 1. The fourth-order valence-electron chi connectivity index (χ4n) is 1.02. The normalized spacial score (nSPS) is 9.40. The summed E-state index contributed by atoms with van der Waals surface area (Å²) in [5.74, 6) is -1.96. The second-order valence-electron chi connectivity index (χ2n) is 2.66. The summed E-state index contributed by atoms with van der Waals surface area (Å²) in [6, 6.07) is 3.34. The Hall–Kier alpha value is -2.24. The van der Waals surface area contributed by atoms with Crippen LogP contribution in [-0.4, -0.2) is 24.2 Å². The van der Waals surface area contributed by atoms with Crippen LogP contribution in [0.5, 0.6) is 0 Å². The van der Waals surface area contributed by atoms with E-state index in [4.69, 9.17) is 5.11 Å². The molecule has 15 heavy (non-hydrogen) atoms. The van der Waals surface area contributed by atoms with Gasteiger partial charge in [-0.2, -0.15) is 0 Å². The van der Waals surface area contributed by atoms with Gasteiger partial charge in [0.25, 0.3) is 0 Å². The molecule has 0 unspecified atom stereocenters. The molecule has 0 fully saturated rings. The van der Waals surface area contributed by atoms with Gasteiger partial charge >= 0.3 is 11.9 Å². The molecule has 6 heteroatoms. The van der Waals surface area contributed by atoms with Crippen LogP contribution in [0.25, 0.3) is 0 Å². The molecule has 0 atom stereocenters. The van der Waals surface area contributed by atoms with Crippen molar-refractivity contribution in [2.75, 3.05) is 7.11 Å². The number of carbonyl (C=O) groups is 2. The van der Waals surface area contributed by atoms with Crippen molar-refractivity contribution >= 4 is 17.6 Å². The van der Waals surface area contributed by atoms with Crippen LogP contribution in [0.2, 0.25) is 0 Å². The minimum atomic E-state index is -1.24. The van der Waals surface area contributed by atoms with Gasteiger partial charge < -0.3 is 9.84 Å². The van der Waals surface area contributed by atoms with Gasteiger partial charge in [0, 0.05) is 0 Å². The van der Waals surface area contributed by atoms with Crippen molar-refractivity contribution in [1.82, 2.24) is 0 Å². The Morgan fingerprint density at radius 1 is 1.27 bits per heavy atom. The SMILES string of the molecule is COC(=O)c1cc(N=O)cc(C(=O)O)c1. The summed E-state index contributed by atoms with van der Waals surface area (Å²) in [7, 11) is 1.16. The summed E-state index contributed by atoms with van der Waals surface area (Å²) in [6.07, 6.45) is 0. The van der Waals surface area contributed by atoms with Crippen molar-refractivity contribution in [2.24, 2.45) is 5.18 Å². The Labute approximate surface area is 84.5 Å². The zero-order chi connectivity index (χ0) is 11.4. The minimum Gasteiger partial charge on any atom is -0.478 e. The number of carboxylic acids is 1. The molecular formula is C9H7NO5. The van der Waals surface area contributed by atoms with Gasteiger partial charge in [-0.1, -0.05) is 0 Å². The van der Waals surface area contributed by atoms with Gasteiger partial charge in [0.05, 0.1) is 18.2 Å². The predicted octanol–water partition coefficient (Wildman–Crippen LogP) is 1.57. The first kappa shape index (κ1) is 10.8. The summed E-state index contributed by atoms with van der Waals surface area (Å²) in [4.78, 5) is 32.0. The third-order valence-corrected chi connectivity index (χ3v) is 1.69. The highest BCUT2D eigenvalue weighted by Crippen LogP contribution is 2.18. The summed E-state index contributed by atoms with van der Waals surface area (Å²) in [5, 5.41) is 11.3. The molecule has 1 N–H and O–H groups in total. The van der Waals surface area contributed by atoms with E-state index in [-0.39, 0.29) is 16.8 Å². The van der Waals surface area contributed by atoms with Gasteiger partial charge in [0.15, 0.2) is 0 Å². The zero-order valence-corrected chi connectivity index (χ0v) is 7.76. The highest BCUT2D eigenvalue weighted by atomic mass is 16.5.